The van der Waals surface area contributed by atoms with Crippen molar-refractivity contribution in [1.29, 1.82) is 0 Å². The molecule has 5 amide bonds. The lowest BCUT2D eigenvalue weighted by Gasteiger charge is -2.29. The first-order valence-electron chi connectivity index (χ1n) is 11.6. The number of hydrogen-bond acceptors (Lipinski definition) is 8. The number of rotatable bonds is 13. The standard InChI is InChI=1S/C23H32N6O8/c24-14(11-19(26)32)20(33)27-15(7-8-18(25)31)21(34)28-16(10-12-3-5-13(30)6-4-12)22(35)29-9-1-2-17(29)23(36)37/h3-6,14-17,30H,1-2,7-11,24H2,(H2,25,31)(H2,26,32)(H,27,33)(H,28,34)(H,36,37). The van der Waals surface area contributed by atoms with Crippen LogP contribution in [0.2, 0.25) is 0 Å². The maximum atomic E-state index is 13.4. The minimum absolute atomic E-state index is 0.0114. The molecular formula is C23H32N6O8. The molecule has 4 unspecified atom stereocenters. The van der Waals surface area contributed by atoms with Gasteiger partial charge in [0.15, 0.2) is 0 Å². The van der Waals surface area contributed by atoms with Gasteiger partial charge < -0.3 is 42.9 Å². The molecule has 4 atom stereocenters. The van der Waals surface area contributed by atoms with E-state index in [9.17, 15) is 39.0 Å². The number of amides is 5. The van der Waals surface area contributed by atoms with Crippen molar-refractivity contribution in [3.8, 4) is 5.75 Å². The summed E-state index contributed by atoms with van der Waals surface area (Å²) in [5.74, 6) is -5.13. The normalized spacial score (nSPS) is 17.3. The number of nitrogens with two attached hydrogens (primary N) is 3. The molecule has 37 heavy (non-hydrogen) atoms. The molecule has 0 aromatic heterocycles. The Bertz CT molecular complexity index is 1030. The lowest BCUT2D eigenvalue weighted by atomic mass is 10.0. The van der Waals surface area contributed by atoms with Crippen LogP contribution in [-0.2, 0) is 35.2 Å². The summed E-state index contributed by atoms with van der Waals surface area (Å²) in [6.07, 6.45) is -0.312. The minimum atomic E-state index is -1.35. The van der Waals surface area contributed by atoms with E-state index in [2.05, 4.69) is 10.6 Å². The van der Waals surface area contributed by atoms with Gasteiger partial charge in [-0.15, -0.1) is 0 Å². The van der Waals surface area contributed by atoms with E-state index in [4.69, 9.17) is 17.2 Å². The molecule has 0 bridgehead atoms. The van der Waals surface area contributed by atoms with Crippen LogP contribution in [0.15, 0.2) is 24.3 Å². The Kier molecular flexibility index (Phi) is 10.4. The van der Waals surface area contributed by atoms with Gasteiger partial charge in [-0.25, -0.2) is 4.79 Å². The van der Waals surface area contributed by atoms with Crippen molar-refractivity contribution in [2.24, 2.45) is 17.2 Å². The first kappa shape index (κ1) is 29.0. The molecule has 1 aromatic carbocycles. The predicted octanol–water partition coefficient (Wildman–Crippen LogP) is -2.55. The van der Waals surface area contributed by atoms with Gasteiger partial charge in [-0.05, 0) is 37.0 Å². The van der Waals surface area contributed by atoms with E-state index in [-0.39, 0.29) is 38.0 Å². The predicted molar refractivity (Wildman–Crippen MR) is 128 cm³/mol. The highest BCUT2D eigenvalue weighted by atomic mass is 16.4. The number of aromatic hydroxyl groups is 1. The Balaban J connectivity index is 2.28. The summed E-state index contributed by atoms with van der Waals surface area (Å²) >= 11 is 0. The van der Waals surface area contributed by atoms with Gasteiger partial charge in [-0.2, -0.15) is 0 Å². The Hall–Kier alpha value is -4.20. The van der Waals surface area contributed by atoms with Gasteiger partial charge in [0.1, 0.15) is 23.9 Å². The average Bonchev–Trinajstić information content (AvgIpc) is 3.31. The third kappa shape index (κ3) is 8.75. The van der Waals surface area contributed by atoms with Crippen molar-refractivity contribution in [1.82, 2.24) is 15.5 Å². The van der Waals surface area contributed by atoms with E-state index in [0.717, 1.165) is 0 Å². The monoisotopic (exact) mass is 520 g/mol. The van der Waals surface area contributed by atoms with Gasteiger partial charge in [-0.3, -0.25) is 24.0 Å². The van der Waals surface area contributed by atoms with E-state index >= 15 is 0 Å². The summed E-state index contributed by atoms with van der Waals surface area (Å²) in [6, 6.07) is 0.883. The average molecular weight is 521 g/mol. The van der Waals surface area contributed by atoms with E-state index in [1.807, 2.05) is 0 Å². The van der Waals surface area contributed by atoms with Gasteiger partial charge in [-0.1, -0.05) is 12.1 Å². The van der Waals surface area contributed by atoms with Gasteiger partial charge >= 0.3 is 5.97 Å². The number of carbonyl (C=O) groups excluding carboxylic acids is 5. The highest BCUT2D eigenvalue weighted by molar-refractivity contribution is 5.95. The first-order chi connectivity index (χ1) is 17.4. The van der Waals surface area contributed by atoms with Crippen LogP contribution < -0.4 is 27.8 Å². The smallest absolute Gasteiger partial charge is 0.326 e. The van der Waals surface area contributed by atoms with Crippen LogP contribution in [-0.4, -0.2) is 81.3 Å². The number of carboxylic acid groups (broad SMARTS) is 1. The second-order valence-corrected chi connectivity index (χ2v) is 8.80. The van der Waals surface area contributed by atoms with Gasteiger partial charge in [0, 0.05) is 19.4 Å². The van der Waals surface area contributed by atoms with E-state index in [1.165, 1.54) is 29.2 Å². The summed E-state index contributed by atoms with van der Waals surface area (Å²) in [6.45, 7) is 0.182. The van der Waals surface area contributed by atoms with Gasteiger partial charge in [0.2, 0.25) is 29.5 Å². The molecule has 1 aliphatic heterocycles. The number of primary amides is 2. The topological polar surface area (TPSA) is 248 Å². The van der Waals surface area contributed by atoms with Crippen LogP contribution in [0.4, 0.5) is 0 Å². The maximum Gasteiger partial charge on any atom is 0.326 e. The fourth-order valence-electron chi connectivity index (χ4n) is 3.97. The molecule has 0 radical (unpaired) electrons. The summed E-state index contributed by atoms with van der Waals surface area (Å²) < 4.78 is 0. The lowest BCUT2D eigenvalue weighted by molar-refractivity contribution is -0.149. The highest BCUT2D eigenvalue weighted by Crippen LogP contribution is 2.20. The van der Waals surface area contributed by atoms with Crippen molar-refractivity contribution in [2.75, 3.05) is 6.54 Å². The third-order valence-corrected chi connectivity index (χ3v) is 5.88. The molecule has 0 spiro atoms. The van der Waals surface area contributed by atoms with Crippen LogP contribution in [0.3, 0.4) is 0 Å². The number of likely N-dealkylation sites (tertiary alicyclic amines) is 1. The number of carboxylic acids is 1. The molecule has 202 valence electrons. The molecular weight excluding hydrogens is 488 g/mol. The van der Waals surface area contributed by atoms with Crippen LogP contribution >= 0.6 is 0 Å². The summed E-state index contributed by atoms with van der Waals surface area (Å²) in [5.41, 5.74) is 16.4. The largest absolute Gasteiger partial charge is 0.508 e. The molecule has 1 saturated heterocycles. The third-order valence-electron chi connectivity index (χ3n) is 5.88. The van der Waals surface area contributed by atoms with E-state index in [0.29, 0.717) is 12.0 Å². The number of hydrogen-bond donors (Lipinski definition) is 7. The zero-order valence-electron chi connectivity index (χ0n) is 20.1. The molecule has 1 fully saturated rings. The lowest BCUT2D eigenvalue weighted by Crippen LogP contribution is -2.58. The molecule has 0 aliphatic carbocycles. The number of aliphatic carboxylic acids is 1. The quantitative estimate of drug-likeness (QED) is 0.144. The van der Waals surface area contributed by atoms with Crippen LogP contribution in [0.25, 0.3) is 0 Å². The first-order valence-corrected chi connectivity index (χ1v) is 11.6. The van der Waals surface area contributed by atoms with Crippen molar-refractivity contribution in [3.05, 3.63) is 29.8 Å². The Morgan fingerprint density at radius 2 is 1.59 bits per heavy atom. The number of nitrogens with one attached hydrogen (secondary N) is 2. The van der Waals surface area contributed by atoms with Crippen molar-refractivity contribution in [3.63, 3.8) is 0 Å². The minimum Gasteiger partial charge on any atom is -0.508 e. The SMILES string of the molecule is NC(=O)CCC(NC(=O)C(N)CC(N)=O)C(=O)NC(Cc1ccc(O)cc1)C(=O)N1CCCC1C(=O)O. The van der Waals surface area contributed by atoms with E-state index < -0.39 is 66.1 Å². The van der Waals surface area contributed by atoms with E-state index in [1.54, 1.807) is 0 Å². The second kappa shape index (κ2) is 13.2. The molecule has 14 heteroatoms. The zero-order valence-corrected chi connectivity index (χ0v) is 20.1. The molecule has 1 aromatic rings. The molecule has 1 aliphatic rings. The summed E-state index contributed by atoms with van der Waals surface area (Å²) in [5, 5.41) is 23.9. The molecule has 14 nitrogen and oxygen atoms in total. The van der Waals surface area contributed by atoms with Crippen molar-refractivity contribution < 1.29 is 39.0 Å². The maximum absolute atomic E-state index is 13.4. The molecule has 1 heterocycles. The number of phenolic OH excluding ortho intramolecular Hbond substituents is 1. The summed E-state index contributed by atoms with van der Waals surface area (Å²) in [4.78, 5) is 74.2. The van der Waals surface area contributed by atoms with Crippen LogP contribution in [0.1, 0.15) is 37.7 Å². The zero-order chi connectivity index (χ0) is 27.7. The van der Waals surface area contributed by atoms with Gasteiger partial charge in [0.05, 0.1) is 12.5 Å². The summed E-state index contributed by atoms with van der Waals surface area (Å²) in [7, 11) is 0. The number of carbonyl (C=O) groups is 6. The number of phenols is 1. The number of benzene rings is 1. The highest BCUT2D eigenvalue weighted by Gasteiger charge is 2.38. The van der Waals surface area contributed by atoms with Crippen LogP contribution in [0.5, 0.6) is 5.75 Å². The Morgan fingerprint density at radius 3 is 2.16 bits per heavy atom. The van der Waals surface area contributed by atoms with Crippen LogP contribution in [0, 0.1) is 0 Å². The van der Waals surface area contributed by atoms with Crippen molar-refractivity contribution in [2.45, 2.75) is 62.7 Å². The van der Waals surface area contributed by atoms with Crippen molar-refractivity contribution >= 4 is 35.5 Å². The Labute approximate surface area is 212 Å². The van der Waals surface area contributed by atoms with Gasteiger partial charge in [0.25, 0.3) is 0 Å². The molecule has 2 rings (SSSR count). The number of nitrogens with zero attached hydrogens (tertiary/aromatic N) is 1. The fourth-order valence-corrected chi connectivity index (χ4v) is 3.97. The fraction of sp³-hybridized carbons (Fsp3) is 0.478. The molecule has 10 N–H and O–H groups in total. The molecule has 0 saturated carbocycles. The second-order valence-electron chi connectivity index (χ2n) is 8.80. The Morgan fingerprint density at radius 1 is 0.973 bits per heavy atom.